The molecule has 10 heteroatoms. The fraction of sp³-hybridized carbons (Fsp3) is 0.0526. The molecule has 0 unspecified atom stereocenters. The standard InChI is InChI=1S/C38H28F4N2O4/c39-37(40)47-29-19-15-25(16-20-29)23-31(27-9-3-1-4-10-27)35(45)43-33-13-7-8-14-34(33)44-36(46)32(28-11-5-2-6-12-28)24-26-17-21-30(22-18-26)48-38(41)42/h1-24,37-38H,(H,43,45)(H,44,46)/b31-23+,32-24+. The van der Waals surface area contributed by atoms with Gasteiger partial charge >= 0.3 is 13.2 Å². The first-order valence-corrected chi connectivity index (χ1v) is 14.6. The number of amides is 2. The molecule has 0 radical (unpaired) electrons. The van der Waals surface area contributed by atoms with E-state index in [-0.39, 0.29) is 22.6 Å². The van der Waals surface area contributed by atoms with Crippen LogP contribution in [0.2, 0.25) is 0 Å². The van der Waals surface area contributed by atoms with Crippen LogP contribution in [0.25, 0.3) is 23.3 Å². The summed E-state index contributed by atoms with van der Waals surface area (Å²) in [6.45, 7) is -5.92. The van der Waals surface area contributed by atoms with Crippen molar-refractivity contribution in [2.45, 2.75) is 13.2 Å². The van der Waals surface area contributed by atoms with E-state index in [0.29, 0.717) is 33.6 Å². The third-order valence-electron chi connectivity index (χ3n) is 6.91. The molecule has 48 heavy (non-hydrogen) atoms. The Labute approximate surface area is 274 Å². The average molecular weight is 653 g/mol. The summed E-state index contributed by atoms with van der Waals surface area (Å²) in [6.07, 6.45) is 3.23. The molecule has 0 aromatic heterocycles. The quantitative estimate of drug-likeness (QED) is 0.0801. The molecule has 5 rings (SSSR count). The molecule has 5 aromatic carbocycles. The van der Waals surface area contributed by atoms with Gasteiger partial charge in [0, 0.05) is 11.1 Å². The van der Waals surface area contributed by atoms with Gasteiger partial charge in [0.15, 0.2) is 0 Å². The lowest BCUT2D eigenvalue weighted by atomic mass is 10.0. The summed E-state index contributed by atoms with van der Waals surface area (Å²) in [5.41, 5.74) is 3.54. The Balaban J connectivity index is 1.42. The first-order valence-electron chi connectivity index (χ1n) is 14.6. The molecule has 2 amide bonds. The third-order valence-corrected chi connectivity index (χ3v) is 6.91. The molecule has 0 saturated carbocycles. The molecule has 242 valence electrons. The maximum absolute atomic E-state index is 13.8. The molecule has 5 aromatic rings. The Morgan fingerprint density at radius 3 is 1.15 bits per heavy atom. The fourth-order valence-corrected chi connectivity index (χ4v) is 4.70. The fourth-order valence-electron chi connectivity index (χ4n) is 4.70. The van der Waals surface area contributed by atoms with Crippen molar-refractivity contribution in [3.05, 3.63) is 156 Å². The minimum Gasteiger partial charge on any atom is -0.435 e. The molecule has 0 heterocycles. The Kier molecular flexibility index (Phi) is 11.0. The van der Waals surface area contributed by atoms with Gasteiger partial charge in [-0.05, 0) is 70.8 Å². The van der Waals surface area contributed by atoms with Crippen molar-refractivity contribution >= 4 is 46.5 Å². The van der Waals surface area contributed by atoms with Crippen molar-refractivity contribution in [1.82, 2.24) is 0 Å². The molecular formula is C38H28F4N2O4. The van der Waals surface area contributed by atoms with Crippen LogP contribution in [-0.2, 0) is 9.59 Å². The number of anilines is 2. The molecule has 0 saturated heterocycles. The maximum Gasteiger partial charge on any atom is 0.387 e. The van der Waals surface area contributed by atoms with E-state index in [9.17, 15) is 27.2 Å². The summed E-state index contributed by atoms with van der Waals surface area (Å²) in [5, 5.41) is 5.76. The van der Waals surface area contributed by atoms with Gasteiger partial charge in [-0.1, -0.05) is 97.1 Å². The van der Waals surface area contributed by atoms with Crippen LogP contribution in [0.4, 0.5) is 28.9 Å². The number of nitrogens with one attached hydrogen (secondary N) is 2. The van der Waals surface area contributed by atoms with Gasteiger partial charge in [0.2, 0.25) is 0 Å². The van der Waals surface area contributed by atoms with Gasteiger partial charge in [-0.15, -0.1) is 0 Å². The smallest absolute Gasteiger partial charge is 0.387 e. The Bertz CT molecular complexity index is 1760. The van der Waals surface area contributed by atoms with Crippen LogP contribution in [0, 0.1) is 0 Å². The molecule has 0 bridgehead atoms. The van der Waals surface area contributed by atoms with E-state index >= 15 is 0 Å². The molecule has 2 N–H and O–H groups in total. The molecular weight excluding hydrogens is 624 g/mol. The molecule has 0 atom stereocenters. The van der Waals surface area contributed by atoms with Crippen LogP contribution in [0.3, 0.4) is 0 Å². The van der Waals surface area contributed by atoms with Crippen molar-refractivity contribution in [3.63, 3.8) is 0 Å². The van der Waals surface area contributed by atoms with E-state index in [1.54, 1.807) is 109 Å². The van der Waals surface area contributed by atoms with Gasteiger partial charge in [0.05, 0.1) is 11.4 Å². The second-order valence-corrected chi connectivity index (χ2v) is 10.2. The summed E-state index contributed by atoms with van der Waals surface area (Å²) >= 11 is 0. The summed E-state index contributed by atoms with van der Waals surface area (Å²) in [4.78, 5) is 27.5. The molecule has 0 aliphatic carbocycles. The second kappa shape index (κ2) is 15.9. The van der Waals surface area contributed by atoms with Gasteiger partial charge in [0.25, 0.3) is 11.8 Å². The zero-order chi connectivity index (χ0) is 33.9. The number of halogens is 4. The number of carbonyl (C=O) groups is 2. The van der Waals surface area contributed by atoms with E-state index in [2.05, 4.69) is 20.1 Å². The van der Waals surface area contributed by atoms with Crippen molar-refractivity contribution in [2.75, 3.05) is 10.6 Å². The lowest BCUT2D eigenvalue weighted by Gasteiger charge is -2.15. The number of ether oxygens (including phenoxy) is 2. The van der Waals surface area contributed by atoms with E-state index in [1.165, 1.54) is 24.3 Å². The number of alkyl halides is 4. The first kappa shape index (κ1) is 33.2. The summed E-state index contributed by atoms with van der Waals surface area (Å²) in [5.74, 6) is -1.00. The van der Waals surface area contributed by atoms with Gasteiger partial charge in [-0.2, -0.15) is 17.6 Å². The highest BCUT2D eigenvalue weighted by Crippen LogP contribution is 2.28. The van der Waals surface area contributed by atoms with Crippen LogP contribution in [0.15, 0.2) is 133 Å². The van der Waals surface area contributed by atoms with Crippen molar-refractivity contribution < 1.29 is 36.6 Å². The Hall–Kier alpha value is -6.16. The lowest BCUT2D eigenvalue weighted by molar-refractivity contribution is -0.112. The topological polar surface area (TPSA) is 76.7 Å². The maximum atomic E-state index is 13.8. The summed E-state index contributed by atoms with van der Waals surface area (Å²) in [6, 6.07) is 36.2. The van der Waals surface area contributed by atoms with Crippen LogP contribution in [-0.4, -0.2) is 25.0 Å². The molecule has 0 fully saturated rings. The molecule has 0 aliphatic heterocycles. The average Bonchev–Trinajstić information content (AvgIpc) is 3.08. The summed E-state index contributed by atoms with van der Waals surface area (Å²) in [7, 11) is 0. The number of para-hydroxylation sites is 2. The summed E-state index contributed by atoms with van der Waals surface area (Å²) < 4.78 is 59.3. The SMILES string of the molecule is O=C(Nc1ccccc1NC(=O)/C(=C/c1ccc(OC(F)F)cc1)c1ccccc1)/C(=C/c1ccc(OC(F)F)cc1)c1ccccc1. The molecule has 0 aliphatic rings. The van der Waals surface area contributed by atoms with Crippen molar-refractivity contribution in [3.8, 4) is 11.5 Å². The van der Waals surface area contributed by atoms with E-state index in [1.807, 2.05) is 12.1 Å². The van der Waals surface area contributed by atoms with Crippen LogP contribution >= 0.6 is 0 Å². The number of carbonyl (C=O) groups excluding carboxylic acids is 2. The van der Waals surface area contributed by atoms with Gasteiger partial charge in [-0.25, -0.2) is 0 Å². The monoisotopic (exact) mass is 652 g/mol. The zero-order valence-corrected chi connectivity index (χ0v) is 25.2. The van der Waals surface area contributed by atoms with Crippen LogP contribution in [0.1, 0.15) is 22.3 Å². The number of rotatable bonds is 12. The number of hydrogen-bond donors (Lipinski definition) is 2. The van der Waals surface area contributed by atoms with E-state index in [4.69, 9.17) is 0 Å². The predicted molar refractivity (Wildman–Crippen MR) is 178 cm³/mol. The highest BCUT2D eigenvalue weighted by molar-refractivity contribution is 6.31. The lowest BCUT2D eigenvalue weighted by Crippen LogP contribution is -2.18. The normalized spacial score (nSPS) is 11.7. The van der Waals surface area contributed by atoms with Crippen molar-refractivity contribution in [2.24, 2.45) is 0 Å². The van der Waals surface area contributed by atoms with E-state index < -0.39 is 25.0 Å². The molecule has 0 spiro atoms. The Morgan fingerprint density at radius 1 is 0.479 bits per heavy atom. The van der Waals surface area contributed by atoms with Crippen LogP contribution in [0.5, 0.6) is 11.5 Å². The largest absolute Gasteiger partial charge is 0.435 e. The zero-order valence-electron chi connectivity index (χ0n) is 25.2. The number of hydrogen-bond acceptors (Lipinski definition) is 4. The minimum atomic E-state index is -2.96. The minimum absolute atomic E-state index is 0.0146. The van der Waals surface area contributed by atoms with Gasteiger partial charge in [0.1, 0.15) is 11.5 Å². The van der Waals surface area contributed by atoms with Gasteiger partial charge in [-0.3, -0.25) is 9.59 Å². The second-order valence-electron chi connectivity index (χ2n) is 10.2. The third kappa shape index (κ3) is 9.20. The van der Waals surface area contributed by atoms with Gasteiger partial charge < -0.3 is 20.1 Å². The predicted octanol–water partition coefficient (Wildman–Crippen LogP) is 9.25. The highest BCUT2D eigenvalue weighted by atomic mass is 19.3. The van der Waals surface area contributed by atoms with Crippen molar-refractivity contribution in [1.29, 1.82) is 0 Å². The number of benzene rings is 5. The first-order chi connectivity index (χ1) is 23.2. The highest BCUT2D eigenvalue weighted by Gasteiger charge is 2.18. The van der Waals surface area contributed by atoms with Crippen LogP contribution < -0.4 is 20.1 Å². The van der Waals surface area contributed by atoms with E-state index in [0.717, 1.165) is 0 Å². The molecule has 6 nitrogen and oxygen atoms in total. The Morgan fingerprint density at radius 2 is 0.812 bits per heavy atom.